The van der Waals surface area contributed by atoms with Crippen LogP contribution in [-0.4, -0.2) is 11.8 Å². The quantitative estimate of drug-likeness (QED) is 0.570. The third-order valence-corrected chi connectivity index (χ3v) is 1.39. The van der Waals surface area contributed by atoms with Gasteiger partial charge in [0.15, 0.2) is 5.75 Å². The third kappa shape index (κ3) is 2.80. The van der Waals surface area contributed by atoms with E-state index in [9.17, 15) is 4.79 Å². The van der Waals surface area contributed by atoms with Gasteiger partial charge in [-0.15, -0.1) is 11.6 Å². The van der Waals surface area contributed by atoms with Crippen LogP contribution in [0.4, 0.5) is 0 Å². The number of hydrogen-bond donors (Lipinski definition) is 1. The SMILES string of the molecule is O=C(CCl)NOc1ccccc1. The van der Waals surface area contributed by atoms with Gasteiger partial charge >= 0.3 is 0 Å². The Morgan fingerprint density at radius 2 is 2.08 bits per heavy atom. The summed E-state index contributed by atoms with van der Waals surface area (Å²) in [5.74, 6) is 0.115. The number of carbonyl (C=O) groups is 1. The van der Waals surface area contributed by atoms with Gasteiger partial charge < -0.3 is 4.84 Å². The number of amides is 1. The standard InChI is InChI=1S/C8H8ClNO2/c9-6-8(11)10-12-7-4-2-1-3-5-7/h1-5H,6H2,(H,10,11). The van der Waals surface area contributed by atoms with Gasteiger partial charge in [-0.05, 0) is 12.1 Å². The van der Waals surface area contributed by atoms with Crippen molar-refractivity contribution in [1.29, 1.82) is 0 Å². The van der Waals surface area contributed by atoms with Gasteiger partial charge in [0, 0.05) is 0 Å². The van der Waals surface area contributed by atoms with Crippen LogP contribution >= 0.6 is 11.6 Å². The number of rotatable bonds is 3. The van der Waals surface area contributed by atoms with Gasteiger partial charge in [0.1, 0.15) is 5.88 Å². The zero-order valence-corrected chi connectivity index (χ0v) is 7.04. The summed E-state index contributed by atoms with van der Waals surface area (Å²) in [4.78, 5) is 15.5. The number of nitrogens with one attached hydrogen (secondary N) is 1. The van der Waals surface area contributed by atoms with Crippen LogP contribution in [0.1, 0.15) is 0 Å². The smallest absolute Gasteiger partial charge is 0.267 e. The Morgan fingerprint density at radius 1 is 1.42 bits per heavy atom. The van der Waals surface area contributed by atoms with Crippen LogP contribution in [0.5, 0.6) is 5.75 Å². The van der Waals surface area contributed by atoms with E-state index in [-0.39, 0.29) is 11.8 Å². The molecule has 0 radical (unpaired) electrons. The van der Waals surface area contributed by atoms with E-state index in [0.29, 0.717) is 5.75 Å². The number of hydroxylamine groups is 1. The molecule has 0 aliphatic rings. The van der Waals surface area contributed by atoms with E-state index in [0.717, 1.165) is 0 Å². The first-order valence-corrected chi connectivity index (χ1v) is 3.93. The molecule has 0 saturated carbocycles. The second-order valence-electron chi connectivity index (χ2n) is 2.07. The van der Waals surface area contributed by atoms with Crippen molar-refractivity contribution < 1.29 is 9.63 Å². The molecule has 1 N–H and O–H groups in total. The largest absolute Gasteiger partial charge is 0.380 e. The van der Waals surface area contributed by atoms with Crippen molar-refractivity contribution in [3.8, 4) is 5.75 Å². The highest BCUT2D eigenvalue weighted by molar-refractivity contribution is 6.27. The number of para-hydroxylation sites is 1. The van der Waals surface area contributed by atoms with Crippen LogP contribution < -0.4 is 10.3 Å². The van der Waals surface area contributed by atoms with Crippen molar-refractivity contribution in [3.63, 3.8) is 0 Å². The van der Waals surface area contributed by atoms with Gasteiger partial charge in [-0.2, -0.15) is 5.48 Å². The molecule has 0 aliphatic carbocycles. The molecule has 0 atom stereocenters. The van der Waals surface area contributed by atoms with Gasteiger partial charge in [0.2, 0.25) is 0 Å². The van der Waals surface area contributed by atoms with Gasteiger partial charge in [-0.1, -0.05) is 18.2 Å². The third-order valence-electron chi connectivity index (χ3n) is 1.15. The highest BCUT2D eigenvalue weighted by atomic mass is 35.5. The van der Waals surface area contributed by atoms with Crippen molar-refractivity contribution in [2.24, 2.45) is 0 Å². The summed E-state index contributed by atoms with van der Waals surface area (Å²) in [5.41, 5.74) is 2.18. The summed E-state index contributed by atoms with van der Waals surface area (Å²) in [7, 11) is 0. The summed E-state index contributed by atoms with van der Waals surface area (Å²) in [5, 5.41) is 0. The molecule has 0 unspecified atom stereocenters. The monoisotopic (exact) mass is 185 g/mol. The van der Waals surface area contributed by atoms with Crippen molar-refractivity contribution in [2.45, 2.75) is 0 Å². The Bertz CT molecular complexity index is 250. The summed E-state index contributed by atoms with van der Waals surface area (Å²) in [6.07, 6.45) is 0. The number of benzene rings is 1. The molecule has 1 rings (SSSR count). The Kier molecular flexibility index (Phi) is 3.41. The molecule has 1 aromatic rings. The molecule has 0 aromatic heterocycles. The lowest BCUT2D eigenvalue weighted by molar-refractivity contribution is -0.125. The summed E-state index contributed by atoms with van der Waals surface area (Å²) in [6.45, 7) is 0. The minimum absolute atomic E-state index is 0.104. The predicted octanol–water partition coefficient (Wildman–Crippen LogP) is 1.34. The molecule has 1 amide bonds. The summed E-state index contributed by atoms with van der Waals surface area (Å²) in [6, 6.07) is 8.93. The lowest BCUT2D eigenvalue weighted by Crippen LogP contribution is -2.27. The molecule has 0 aliphatic heterocycles. The minimum atomic E-state index is -0.361. The highest BCUT2D eigenvalue weighted by Gasteiger charge is 1.97. The van der Waals surface area contributed by atoms with Crippen LogP contribution in [0, 0.1) is 0 Å². The Labute approximate surface area is 75.2 Å². The predicted molar refractivity (Wildman–Crippen MR) is 45.9 cm³/mol. The minimum Gasteiger partial charge on any atom is -0.380 e. The van der Waals surface area contributed by atoms with E-state index in [1.807, 2.05) is 18.2 Å². The maximum absolute atomic E-state index is 10.6. The van der Waals surface area contributed by atoms with E-state index in [1.165, 1.54) is 0 Å². The molecule has 0 fully saturated rings. The maximum Gasteiger partial charge on any atom is 0.267 e. The fourth-order valence-corrected chi connectivity index (χ4v) is 0.686. The second-order valence-corrected chi connectivity index (χ2v) is 2.34. The highest BCUT2D eigenvalue weighted by Crippen LogP contribution is 2.05. The average Bonchev–Trinajstić information content (AvgIpc) is 2.16. The Balaban J connectivity index is 2.38. The van der Waals surface area contributed by atoms with Gasteiger partial charge in [-0.3, -0.25) is 4.79 Å². The first-order valence-electron chi connectivity index (χ1n) is 3.39. The van der Waals surface area contributed by atoms with Gasteiger partial charge in [0.25, 0.3) is 5.91 Å². The molecule has 1 aromatic carbocycles. The molecule has 3 nitrogen and oxygen atoms in total. The van der Waals surface area contributed by atoms with Gasteiger partial charge in [-0.25, -0.2) is 0 Å². The zero-order valence-electron chi connectivity index (χ0n) is 6.29. The number of alkyl halides is 1. The maximum atomic E-state index is 10.6. The topological polar surface area (TPSA) is 38.3 Å². The van der Waals surface area contributed by atoms with Crippen LogP contribution in [0.3, 0.4) is 0 Å². The number of halogens is 1. The van der Waals surface area contributed by atoms with Crippen molar-refractivity contribution in [3.05, 3.63) is 30.3 Å². The van der Waals surface area contributed by atoms with Crippen molar-refractivity contribution in [1.82, 2.24) is 5.48 Å². The lowest BCUT2D eigenvalue weighted by atomic mass is 10.3. The van der Waals surface area contributed by atoms with Crippen molar-refractivity contribution in [2.75, 3.05) is 5.88 Å². The second kappa shape index (κ2) is 4.62. The van der Waals surface area contributed by atoms with Gasteiger partial charge in [0.05, 0.1) is 0 Å². The van der Waals surface area contributed by atoms with Crippen LogP contribution in [0.15, 0.2) is 30.3 Å². The van der Waals surface area contributed by atoms with Crippen LogP contribution in [-0.2, 0) is 4.79 Å². The summed E-state index contributed by atoms with van der Waals surface area (Å²) < 4.78 is 0. The van der Waals surface area contributed by atoms with E-state index < -0.39 is 0 Å². The fraction of sp³-hybridized carbons (Fsp3) is 0.125. The normalized spacial score (nSPS) is 9.08. The van der Waals surface area contributed by atoms with E-state index in [1.54, 1.807) is 12.1 Å². The fourth-order valence-electron chi connectivity index (χ4n) is 0.632. The first kappa shape index (κ1) is 8.87. The lowest BCUT2D eigenvalue weighted by Gasteiger charge is -2.03. The molecular weight excluding hydrogens is 178 g/mol. The van der Waals surface area contributed by atoms with E-state index >= 15 is 0 Å². The number of hydrogen-bond acceptors (Lipinski definition) is 2. The summed E-state index contributed by atoms with van der Waals surface area (Å²) >= 11 is 5.23. The molecule has 4 heteroatoms. The van der Waals surface area contributed by atoms with E-state index in [2.05, 4.69) is 5.48 Å². The van der Waals surface area contributed by atoms with Crippen LogP contribution in [0.25, 0.3) is 0 Å². The number of carbonyl (C=O) groups excluding carboxylic acids is 1. The average molecular weight is 186 g/mol. The first-order chi connectivity index (χ1) is 5.83. The molecule has 12 heavy (non-hydrogen) atoms. The van der Waals surface area contributed by atoms with E-state index in [4.69, 9.17) is 16.4 Å². The molecular formula is C8H8ClNO2. The molecule has 64 valence electrons. The zero-order chi connectivity index (χ0) is 8.81. The molecule has 0 heterocycles. The molecule has 0 bridgehead atoms. The molecule has 0 spiro atoms. The molecule has 0 saturated heterocycles. The van der Waals surface area contributed by atoms with Crippen LogP contribution in [0.2, 0.25) is 0 Å². The van der Waals surface area contributed by atoms with Crippen molar-refractivity contribution >= 4 is 17.5 Å². The Morgan fingerprint density at radius 3 is 2.67 bits per heavy atom. The Hall–Kier alpha value is -1.22.